The highest BCUT2D eigenvalue weighted by Crippen LogP contribution is 2.52. The average Bonchev–Trinajstić information content (AvgIpc) is 3.01. The lowest BCUT2D eigenvalue weighted by Crippen LogP contribution is -2.19. The lowest BCUT2D eigenvalue weighted by atomic mass is 9.92. The van der Waals surface area contributed by atoms with Crippen molar-refractivity contribution in [3.8, 4) is 5.75 Å². The SMILES string of the molecule is CC(C)c1cc(O)c(C2(C(=O)O)CC2)cc1Cl. The molecule has 0 amide bonds. The fourth-order valence-electron chi connectivity index (χ4n) is 2.13. The van der Waals surface area contributed by atoms with E-state index in [1.165, 1.54) is 0 Å². The molecule has 1 fully saturated rings. The molecule has 2 rings (SSSR count). The maximum atomic E-state index is 11.2. The van der Waals surface area contributed by atoms with Crippen LogP contribution in [0, 0.1) is 0 Å². The van der Waals surface area contributed by atoms with E-state index in [1.807, 2.05) is 13.8 Å². The number of aliphatic carboxylic acids is 1. The van der Waals surface area contributed by atoms with Crippen molar-refractivity contribution >= 4 is 17.6 Å². The molecule has 1 aromatic rings. The molecule has 0 aliphatic heterocycles. The van der Waals surface area contributed by atoms with Crippen molar-refractivity contribution in [2.45, 2.75) is 38.0 Å². The molecule has 0 unspecified atom stereocenters. The largest absolute Gasteiger partial charge is 0.508 e. The monoisotopic (exact) mass is 254 g/mol. The Morgan fingerprint density at radius 2 is 2.00 bits per heavy atom. The first-order valence-corrected chi connectivity index (χ1v) is 6.02. The molecule has 1 aliphatic rings. The Morgan fingerprint density at radius 1 is 1.41 bits per heavy atom. The standard InChI is InChI=1S/C13H15ClO3/c1-7(2)8-5-11(15)9(6-10(8)14)13(3-4-13)12(16)17/h5-7,15H,3-4H2,1-2H3,(H,16,17). The molecular weight excluding hydrogens is 240 g/mol. The van der Waals surface area contributed by atoms with E-state index in [0.29, 0.717) is 23.4 Å². The fraction of sp³-hybridized carbons (Fsp3) is 0.462. The van der Waals surface area contributed by atoms with E-state index < -0.39 is 11.4 Å². The molecule has 3 nitrogen and oxygen atoms in total. The van der Waals surface area contributed by atoms with Crippen LogP contribution in [0.25, 0.3) is 0 Å². The predicted octanol–water partition coefficient (Wildman–Crippen LogP) is 3.29. The van der Waals surface area contributed by atoms with Gasteiger partial charge in [-0.1, -0.05) is 25.4 Å². The van der Waals surface area contributed by atoms with Crippen LogP contribution in [0.1, 0.15) is 43.7 Å². The number of rotatable bonds is 3. The fourth-order valence-corrected chi connectivity index (χ4v) is 2.51. The second-order valence-electron chi connectivity index (χ2n) is 4.93. The zero-order valence-electron chi connectivity index (χ0n) is 9.83. The van der Waals surface area contributed by atoms with Crippen LogP contribution in [0.15, 0.2) is 12.1 Å². The molecule has 0 saturated heterocycles. The smallest absolute Gasteiger partial charge is 0.314 e. The van der Waals surface area contributed by atoms with E-state index in [1.54, 1.807) is 12.1 Å². The zero-order valence-corrected chi connectivity index (χ0v) is 10.6. The van der Waals surface area contributed by atoms with Crippen molar-refractivity contribution in [1.82, 2.24) is 0 Å². The van der Waals surface area contributed by atoms with E-state index in [2.05, 4.69) is 0 Å². The number of carboxylic acid groups (broad SMARTS) is 1. The summed E-state index contributed by atoms with van der Waals surface area (Å²) in [6, 6.07) is 3.19. The molecule has 0 aromatic heterocycles. The van der Waals surface area contributed by atoms with Gasteiger partial charge in [-0.15, -0.1) is 0 Å². The van der Waals surface area contributed by atoms with Crippen LogP contribution in [-0.2, 0) is 10.2 Å². The number of benzene rings is 1. The number of hydrogen-bond donors (Lipinski definition) is 2. The van der Waals surface area contributed by atoms with E-state index in [0.717, 1.165) is 5.56 Å². The quantitative estimate of drug-likeness (QED) is 0.870. The van der Waals surface area contributed by atoms with Gasteiger partial charge in [0, 0.05) is 10.6 Å². The van der Waals surface area contributed by atoms with Gasteiger partial charge in [0.2, 0.25) is 0 Å². The predicted molar refractivity (Wildman–Crippen MR) is 65.8 cm³/mol. The van der Waals surface area contributed by atoms with Crippen molar-refractivity contribution in [2.75, 3.05) is 0 Å². The minimum atomic E-state index is -0.913. The maximum absolute atomic E-state index is 11.2. The van der Waals surface area contributed by atoms with Crippen molar-refractivity contribution in [1.29, 1.82) is 0 Å². The van der Waals surface area contributed by atoms with Crippen LogP contribution in [-0.4, -0.2) is 16.2 Å². The Hall–Kier alpha value is -1.22. The molecule has 2 N–H and O–H groups in total. The third-order valence-corrected chi connectivity index (χ3v) is 3.74. The second-order valence-corrected chi connectivity index (χ2v) is 5.34. The summed E-state index contributed by atoms with van der Waals surface area (Å²) in [6.45, 7) is 3.95. The molecule has 92 valence electrons. The van der Waals surface area contributed by atoms with Gasteiger partial charge >= 0.3 is 5.97 Å². The molecule has 0 radical (unpaired) electrons. The number of phenols is 1. The molecule has 0 bridgehead atoms. The maximum Gasteiger partial charge on any atom is 0.314 e. The number of halogens is 1. The van der Waals surface area contributed by atoms with Crippen LogP contribution < -0.4 is 0 Å². The summed E-state index contributed by atoms with van der Waals surface area (Å²) in [5.41, 5.74) is 0.372. The number of carbonyl (C=O) groups is 1. The third-order valence-electron chi connectivity index (χ3n) is 3.41. The number of carboxylic acids is 1. The van der Waals surface area contributed by atoms with Crippen LogP contribution >= 0.6 is 11.6 Å². The minimum absolute atomic E-state index is 0.0398. The van der Waals surface area contributed by atoms with Crippen molar-refractivity contribution in [3.05, 3.63) is 28.3 Å². The van der Waals surface area contributed by atoms with Crippen LogP contribution in [0.3, 0.4) is 0 Å². The molecule has 1 aliphatic carbocycles. The summed E-state index contributed by atoms with van der Waals surface area (Å²) in [6.07, 6.45) is 1.13. The first-order valence-electron chi connectivity index (χ1n) is 5.65. The van der Waals surface area contributed by atoms with Gasteiger partial charge in [0.1, 0.15) is 5.75 Å². The van der Waals surface area contributed by atoms with Gasteiger partial charge in [0.05, 0.1) is 5.41 Å². The summed E-state index contributed by atoms with van der Waals surface area (Å²) < 4.78 is 0. The minimum Gasteiger partial charge on any atom is -0.508 e. The first kappa shape index (κ1) is 12.2. The highest BCUT2D eigenvalue weighted by molar-refractivity contribution is 6.31. The Morgan fingerprint density at radius 3 is 2.41 bits per heavy atom. The normalized spacial score (nSPS) is 17.2. The Labute approximate surface area is 105 Å². The first-order chi connectivity index (χ1) is 7.88. The Kier molecular flexibility index (Phi) is 2.82. The van der Waals surface area contributed by atoms with Crippen LogP contribution in [0.2, 0.25) is 5.02 Å². The summed E-state index contributed by atoms with van der Waals surface area (Å²) in [5.74, 6) is -0.651. The molecule has 4 heteroatoms. The van der Waals surface area contributed by atoms with Gasteiger partial charge in [-0.2, -0.15) is 0 Å². The van der Waals surface area contributed by atoms with Gasteiger partial charge in [-0.25, -0.2) is 0 Å². The van der Waals surface area contributed by atoms with Gasteiger partial charge in [-0.3, -0.25) is 4.79 Å². The van der Waals surface area contributed by atoms with Gasteiger partial charge < -0.3 is 10.2 Å². The number of aromatic hydroxyl groups is 1. The zero-order chi connectivity index (χ0) is 12.8. The third kappa shape index (κ3) is 1.89. The molecule has 0 spiro atoms. The Bertz CT molecular complexity index is 476. The highest BCUT2D eigenvalue weighted by atomic mass is 35.5. The van der Waals surface area contributed by atoms with Gasteiger partial charge in [0.15, 0.2) is 0 Å². The Balaban J connectivity index is 2.51. The summed E-state index contributed by atoms with van der Waals surface area (Å²) in [7, 11) is 0. The van der Waals surface area contributed by atoms with Gasteiger partial charge in [-0.05, 0) is 36.5 Å². The highest BCUT2D eigenvalue weighted by Gasteiger charge is 2.53. The molecule has 1 aromatic carbocycles. The summed E-state index contributed by atoms with van der Waals surface area (Å²) >= 11 is 6.13. The van der Waals surface area contributed by atoms with E-state index in [9.17, 15) is 15.0 Å². The number of hydrogen-bond acceptors (Lipinski definition) is 2. The number of phenolic OH excluding ortho intramolecular Hbond substituents is 1. The molecule has 0 atom stereocenters. The molecular formula is C13H15ClO3. The summed E-state index contributed by atoms with van der Waals surface area (Å²) in [4.78, 5) is 11.2. The van der Waals surface area contributed by atoms with E-state index in [-0.39, 0.29) is 11.7 Å². The van der Waals surface area contributed by atoms with E-state index >= 15 is 0 Å². The lowest BCUT2D eigenvalue weighted by Gasteiger charge is -2.16. The molecule has 1 saturated carbocycles. The van der Waals surface area contributed by atoms with Crippen molar-refractivity contribution in [2.24, 2.45) is 0 Å². The van der Waals surface area contributed by atoms with Gasteiger partial charge in [0.25, 0.3) is 0 Å². The topological polar surface area (TPSA) is 57.5 Å². The lowest BCUT2D eigenvalue weighted by molar-refractivity contribution is -0.140. The average molecular weight is 255 g/mol. The molecule has 0 heterocycles. The van der Waals surface area contributed by atoms with Crippen molar-refractivity contribution < 1.29 is 15.0 Å². The van der Waals surface area contributed by atoms with Crippen LogP contribution in [0.4, 0.5) is 0 Å². The van der Waals surface area contributed by atoms with E-state index in [4.69, 9.17) is 11.6 Å². The summed E-state index contributed by atoms with van der Waals surface area (Å²) in [5, 5.41) is 19.7. The van der Waals surface area contributed by atoms with Crippen LogP contribution in [0.5, 0.6) is 5.75 Å². The molecule has 17 heavy (non-hydrogen) atoms. The second kappa shape index (κ2) is 3.91. The van der Waals surface area contributed by atoms with Crippen molar-refractivity contribution in [3.63, 3.8) is 0 Å².